The van der Waals surface area contributed by atoms with Gasteiger partial charge >= 0.3 is 0 Å². The van der Waals surface area contributed by atoms with Gasteiger partial charge in [0.05, 0.1) is 0 Å². The third-order valence-corrected chi connectivity index (χ3v) is 4.08. The van der Waals surface area contributed by atoms with Crippen LogP contribution in [-0.4, -0.2) is 31.1 Å². The van der Waals surface area contributed by atoms with Gasteiger partial charge in [0.1, 0.15) is 0 Å². The fourth-order valence-corrected chi connectivity index (χ4v) is 2.89. The van der Waals surface area contributed by atoms with E-state index in [1.54, 1.807) is 0 Å². The van der Waals surface area contributed by atoms with Gasteiger partial charge in [-0.15, -0.1) is 0 Å². The summed E-state index contributed by atoms with van der Waals surface area (Å²) >= 11 is 0. The molecule has 120 valence electrons. The Morgan fingerprint density at radius 1 is 1.10 bits per heavy atom. The predicted molar refractivity (Wildman–Crippen MR) is 93.8 cm³/mol. The molecule has 0 aliphatic carbocycles. The van der Waals surface area contributed by atoms with Gasteiger partial charge in [-0.2, -0.15) is 0 Å². The molecule has 0 radical (unpaired) electrons. The average molecular weight is 290 g/mol. The smallest absolute Gasteiger partial charge is 0.0332 e. The summed E-state index contributed by atoms with van der Waals surface area (Å²) in [4.78, 5) is 2.50. The molecule has 0 saturated heterocycles. The topological polar surface area (TPSA) is 15.3 Å². The third-order valence-electron chi connectivity index (χ3n) is 4.08. The van der Waals surface area contributed by atoms with Crippen LogP contribution in [0.5, 0.6) is 0 Å². The lowest BCUT2D eigenvalue weighted by Gasteiger charge is -2.24. The van der Waals surface area contributed by atoms with Crippen molar-refractivity contribution in [3.63, 3.8) is 0 Å². The normalized spacial score (nSPS) is 13.1. The van der Waals surface area contributed by atoms with Gasteiger partial charge < -0.3 is 10.2 Å². The molecule has 0 fully saturated rings. The van der Waals surface area contributed by atoms with E-state index in [2.05, 4.69) is 69.1 Å². The summed E-state index contributed by atoms with van der Waals surface area (Å²) in [5, 5.41) is 3.66. The Labute approximate surface area is 131 Å². The van der Waals surface area contributed by atoms with Gasteiger partial charge in [0.15, 0.2) is 0 Å². The minimum absolute atomic E-state index is 0.475. The highest BCUT2D eigenvalue weighted by Crippen LogP contribution is 2.20. The lowest BCUT2D eigenvalue weighted by atomic mass is 9.96. The number of benzene rings is 1. The maximum atomic E-state index is 3.66. The Kier molecular flexibility index (Phi) is 8.63. The van der Waals surface area contributed by atoms with Crippen molar-refractivity contribution in [2.45, 2.75) is 53.5 Å². The van der Waals surface area contributed by atoms with Crippen molar-refractivity contribution in [1.29, 1.82) is 0 Å². The molecule has 1 aromatic rings. The second-order valence-electron chi connectivity index (χ2n) is 6.27. The molecule has 2 nitrogen and oxygen atoms in total. The highest BCUT2D eigenvalue weighted by atomic mass is 15.1. The van der Waals surface area contributed by atoms with E-state index in [0.29, 0.717) is 12.0 Å². The van der Waals surface area contributed by atoms with Crippen LogP contribution >= 0.6 is 0 Å². The van der Waals surface area contributed by atoms with Crippen molar-refractivity contribution in [3.05, 3.63) is 35.4 Å². The van der Waals surface area contributed by atoms with E-state index in [9.17, 15) is 0 Å². The molecular weight excluding hydrogens is 256 g/mol. The number of nitrogens with zero attached hydrogens (tertiary/aromatic N) is 1. The lowest BCUT2D eigenvalue weighted by molar-refractivity contribution is 0.282. The molecule has 1 aromatic carbocycles. The molecule has 21 heavy (non-hydrogen) atoms. The van der Waals surface area contributed by atoms with Crippen LogP contribution in [0.25, 0.3) is 0 Å². The molecule has 1 atom stereocenters. The number of hydrogen-bond donors (Lipinski definition) is 1. The Morgan fingerprint density at radius 3 is 2.38 bits per heavy atom. The zero-order valence-electron chi connectivity index (χ0n) is 14.7. The van der Waals surface area contributed by atoms with Crippen LogP contribution in [0.1, 0.15) is 58.2 Å². The number of nitrogens with one attached hydrogen (secondary N) is 1. The Hall–Kier alpha value is -0.860. The zero-order valence-corrected chi connectivity index (χ0v) is 14.7. The van der Waals surface area contributed by atoms with E-state index in [1.165, 1.54) is 30.5 Å². The van der Waals surface area contributed by atoms with Crippen molar-refractivity contribution in [2.75, 3.05) is 26.2 Å². The molecular formula is C19H34N2. The van der Waals surface area contributed by atoms with Crippen molar-refractivity contribution in [1.82, 2.24) is 10.2 Å². The highest BCUT2D eigenvalue weighted by molar-refractivity contribution is 5.26. The first-order valence-electron chi connectivity index (χ1n) is 8.65. The van der Waals surface area contributed by atoms with Crippen LogP contribution in [0.15, 0.2) is 24.3 Å². The minimum atomic E-state index is 0.475. The third kappa shape index (κ3) is 6.62. The van der Waals surface area contributed by atoms with Gasteiger partial charge in [-0.3, -0.25) is 0 Å². The Balaban J connectivity index is 2.74. The Bertz CT molecular complexity index is 383. The summed E-state index contributed by atoms with van der Waals surface area (Å²) in [5.74, 6) is 0.716. The first-order chi connectivity index (χ1) is 10.1. The van der Waals surface area contributed by atoms with E-state index in [0.717, 1.165) is 19.6 Å². The molecule has 0 aliphatic heterocycles. The molecule has 0 aliphatic rings. The SMILES string of the molecule is CCNC(CCN(CC)CC)c1cccc(CC(C)C)c1. The fraction of sp³-hybridized carbons (Fsp3) is 0.684. The van der Waals surface area contributed by atoms with Gasteiger partial charge in [-0.05, 0) is 56.1 Å². The molecule has 2 heteroatoms. The number of rotatable bonds is 10. The highest BCUT2D eigenvalue weighted by Gasteiger charge is 2.12. The van der Waals surface area contributed by atoms with E-state index in [1.807, 2.05) is 0 Å². The lowest BCUT2D eigenvalue weighted by Crippen LogP contribution is -2.29. The van der Waals surface area contributed by atoms with Crippen LogP contribution in [0.4, 0.5) is 0 Å². The number of hydrogen-bond acceptors (Lipinski definition) is 2. The molecule has 0 heterocycles. The largest absolute Gasteiger partial charge is 0.310 e. The molecule has 1 N–H and O–H groups in total. The van der Waals surface area contributed by atoms with Crippen LogP contribution < -0.4 is 5.32 Å². The van der Waals surface area contributed by atoms with Gasteiger partial charge in [0, 0.05) is 6.04 Å². The predicted octanol–water partition coefficient (Wildman–Crippen LogP) is 4.27. The molecule has 1 unspecified atom stereocenters. The first-order valence-corrected chi connectivity index (χ1v) is 8.65. The average Bonchev–Trinajstić information content (AvgIpc) is 2.46. The van der Waals surface area contributed by atoms with Gasteiger partial charge in [-0.25, -0.2) is 0 Å². The van der Waals surface area contributed by atoms with Crippen molar-refractivity contribution in [3.8, 4) is 0 Å². The van der Waals surface area contributed by atoms with Gasteiger partial charge in [-0.1, -0.05) is 58.9 Å². The molecule has 0 aromatic heterocycles. The summed E-state index contributed by atoms with van der Waals surface area (Å²) in [6, 6.07) is 9.63. The van der Waals surface area contributed by atoms with Crippen molar-refractivity contribution < 1.29 is 0 Å². The van der Waals surface area contributed by atoms with Crippen LogP contribution in [-0.2, 0) is 6.42 Å². The molecule has 1 rings (SSSR count). The second kappa shape index (κ2) is 9.97. The Morgan fingerprint density at radius 2 is 1.81 bits per heavy atom. The maximum absolute atomic E-state index is 3.66. The van der Waals surface area contributed by atoms with Crippen LogP contribution in [0.3, 0.4) is 0 Å². The fourth-order valence-electron chi connectivity index (χ4n) is 2.89. The van der Waals surface area contributed by atoms with Gasteiger partial charge in [0.2, 0.25) is 0 Å². The summed E-state index contributed by atoms with van der Waals surface area (Å²) < 4.78 is 0. The van der Waals surface area contributed by atoms with E-state index < -0.39 is 0 Å². The summed E-state index contributed by atoms with van der Waals surface area (Å²) in [6.07, 6.45) is 2.35. The maximum Gasteiger partial charge on any atom is 0.0332 e. The van der Waals surface area contributed by atoms with E-state index in [4.69, 9.17) is 0 Å². The summed E-state index contributed by atoms with van der Waals surface area (Å²) in [6.45, 7) is 15.7. The van der Waals surface area contributed by atoms with E-state index in [-0.39, 0.29) is 0 Å². The minimum Gasteiger partial charge on any atom is -0.310 e. The van der Waals surface area contributed by atoms with Crippen LogP contribution in [0.2, 0.25) is 0 Å². The van der Waals surface area contributed by atoms with Crippen LogP contribution in [0, 0.1) is 5.92 Å². The second-order valence-corrected chi connectivity index (χ2v) is 6.27. The molecule has 0 saturated carbocycles. The molecule has 0 bridgehead atoms. The van der Waals surface area contributed by atoms with E-state index >= 15 is 0 Å². The first kappa shape index (κ1) is 18.2. The zero-order chi connectivity index (χ0) is 15.7. The summed E-state index contributed by atoms with van der Waals surface area (Å²) in [5.41, 5.74) is 2.91. The quantitative estimate of drug-likeness (QED) is 0.692. The van der Waals surface area contributed by atoms with Gasteiger partial charge in [0.25, 0.3) is 0 Å². The molecule has 0 amide bonds. The van der Waals surface area contributed by atoms with Crippen molar-refractivity contribution in [2.24, 2.45) is 5.92 Å². The summed E-state index contributed by atoms with van der Waals surface area (Å²) in [7, 11) is 0. The standard InChI is InChI=1S/C19H34N2/c1-6-20-19(12-13-21(7-2)8-3)18-11-9-10-17(15-18)14-16(4)5/h9-11,15-16,19-20H,6-8,12-14H2,1-5H3. The molecule has 0 spiro atoms. The van der Waals surface area contributed by atoms with Crippen molar-refractivity contribution >= 4 is 0 Å². The monoisotopic (exact) mass is 290 g/mol.